The van der Waals surface area contributed by atoms with Gasteiger partial charge in [-0.25, -0.2) is 0 Å². The molecular formula is C30H44O4. The summed E-state index contributed by atoms with van der Waals surface area (Å²) in [4.78, 5) is 25.6. The first-order valence-electron chi connectivity index (χ1n) is 13.4. The molecule has 0 saturated heterocycles. The van der Waals surface area contributed by atoms with Crippen molar-refractivity contribution in [1.29, 1.82) is 0 Å². The number of aliphatic hydroxyl groups is 1. The number of allylic oxidation sites excluding steroid dienone is 4. The number of hydrogen-bond donors (Lipinski definition) is 2. The molecule has 4 heteroatoms. The van der Waals surface area contributed by atoms with Crippen molar-refractivity contribution in [2.75, 3.05) is 0 Å². The zero-order chi connectivity index (χ0) is 25.1. The zero-order valence-corrected chi connectivity index (χ0v) is 22.2. The number of carbonyl (C=O) groups excluding carboxylic acids is 1. The number of hydrogen-bond acceptors (Lipinski definition) is 3. The number of ketones is 1. The lowest BCUT2D eigenvalue weighted by Crippen LogP contribution is -2.64. The largest absolute Gasteiger partial charge is 0.481 e. The molecule has 34 heavy (non-hydrogen) atoms. The summed E-state index contributed by atoms with van der Waals surface area (Å²) in [5.74, 6) is 0.262. The first kappa shape index (κ1) is 24.3. The van der Waals surface area contributed by atoms with Gasteiger partial charge in [0.2, 0.25) is 0 Å². The van der Waals surface area contributed by atoms with Crippen LogP contribution in [0.5, 0.6) is 0 Å². The molecular weight excluding hydrogens is 424 g/mol. The minimum atomic E-state index is -0.857. The average Bonchev–Trinajstić information content (AvgIpc) is 2.72. The number of aliphatic carboxylic acids is 1. The number of carboxylic acid groups (broad SMARTS) is 1. The summed E-state index contributed by atoms with van der Waals surface area (Å²) in [6.07, 6.45) is 11.6. The summed E-state index contributed by atoms with van der Waals surface area (Å²) in [6, 6.07) is 0. The Kier molecular flexibility index (Phi) is 4.90. The first-order chi connectivity index (χ1) is 15.6. The quantitative estimate of drug-likeness (QED) is 0.450. The second kappa shape index (κ2) is 6.87. The molecule has 8 atom stereocenters. The SMILES string of the molecule is CC1(C)C[C@H]2C3=CC[C@@H]4[C@@]5(C)C=CC(=O)C(C)(C)[C@@H]5CC[C@@]4(C)[C@]3(C)CC[C@@]2(C(=O)O)C[C@@H]1O. The van der Waals surface area contributed by atoms with Gasteiger partial charge in [0.05, 0.1) is 11.5 Å². The van der Waals surface area contributed by atoms with Gasteiger partial charge in [-0.1, -0.05) is 66.2 Å². The van der Waals surface area contributed by atoms with Crippen LogP contribution in [0.3, 0.4) is 0 Å². The molecule has 0 spiro atoms. The molecule has 4 nitrogen and oxygen atoms in total. The minimum absolute atomic E-state index is 0.0228. The van der Waals surface area contributed by atoms with E-state index in [0.717, 1.165) is 32.1 Å². The van der Waals surface area contributed by atoms with Gasteiger partial charge in [-0.3, -0.25) is 9.59 Å². The van der Waals surface area contributed by atoms with E-state index < -0.39 is 17.5 Å². The first-order valence-corrected chi connectivity index (χ1v) is 13.4. The topological polar surface area (TPSA) is 74.6 Å². The van der Waals surface area contributed by atoms with Gasteiger partial charge in [0.15, 0.2) is 5.78 Å². The van der Waals surface area contributed by atoms with Gasteiger partial charge >= 0.3 is 5.97 Å². The molecule has 5 rings (SSSR count). The molecule has 0 aliphatic heterocycles. The Bertz CT molecular complexity index is 1000. The van der Waals surface area contributed by atoms with E-state index in [9.17, 15) is 19.8 Å². The van der Waals surface area contributed by atoms with E-state index in [4.69, 9.17) is 0 Å². The van der Waals surface area contributed by atoms with Crippen LogP contribution in [-0.2, 0) is 9.59 Å². The molecule has 0 aromatic heterocycles. The summed E-state index contributed by atoms with van der Waals surface area (Å²) in [6.45, 7) is 15.7. The third kappa shape index (κ3) is 2.70. The summed E-state index contributed by atoms with van der Waals surface area (Å²) < 4.78 is 0. The number of carbonyl (C=O) groups is 2. The Hall–Kier alpha value is -1.42. The number of rotatable bonds is 1. The molecule has 0 heterocycles. The molecule has 5 aliphatic carbocycles. The van der Waals surface area contributed by atoms with Crippen LogP contribution in [0.1, 0.15) is 93.4 Å². The fourth-order valence-corrected chi connectivity index (χ4v) is 9.92. The van der Waals surface area contributed by atoms with Crippen molar-refractivity contribution in [2.24, 2.45) is 50.2 Å². The molecule has 0 unspecified atom stereocenters. The van der Waals surface area contributed by atoms with E-state index in [0.29, 0.717) is 24.7 Å². The van der Waals surface area contributed by atoms with Gasteiger partial charge in [0.1, 0.15) is 0 Å². The van der Waals surface area contributed by atoms with Crippen LogP contribution in [0, 0.1) is 50.2 Å². The number of aliphatic hydroxyl groups excluding tert-OH is 1. The monoisotopic (exact) mass is 468 g/mol. The molecule has 0 aromatic rings. The zero-order valence-electron chi connectivity index (χ0n) is 22.2. The normalized spacial score (nSPS) is 50.8. The fraction of sp³-hybridized carbons (Fsp3) is 0.800. The van der Waals surface area contributed by atoms with Crippen molar-refractivity contribution < 1.29 is 19.8 Å². The van der Waals surface area contributed by atoms with Gasteiger partial charge in [0, 0.05) is 5.41 Å². The maximum atomic E-state index is 12.8. The van der Waals surface area contributed by atoms with Crippen molar-refractivity contribution in [2.45, 2.75) is 99.5 Å². The van der Waals surface area contributed by atoms with Crippen molar-refractivity contribution in [3.05, 3.63) is 23.8 Å². The van der Waals surface area contributed by atoms with E-state index in [1.54, 1.807) is 0 Å². The van der Waals surface area contributed by atoms with E-state index in [1.807, 2.05) is 6.08 Å². The predicted octanol–water partition coefficient (Wildman–Crippen LogP) is 6.19. The van der Waals surface area contributed by atoms with Crippen LogP contribution >= 0.6 is 0 Å². The molecule has 5 aliphatic rings. The van der Waals surface area contributed by atoms with E-state index in [1.165, 1.54) is 5.57 Å². The van der Waals surface area contributed by atoms with E-state index in [2.05, 4.69) is 60.6 Å². The Labute approximate surface area is 205 Å². The standard InChI is InChI=1S/C30H44O4/c1-25(2)16-19-18-8-9-21-27(5)12-11-22(31)26(3,4)20(27)10-13-29(21,7)28(18,6)14-15-30(19,24(33)34)17-23(25)32/h8,11-12,19-21,23,32H,9-10,13-17H2,1-7H3,(H,33,34)/t19-,20-,21+,23-,27-,28+,29+,30+/m0/s1. The molecule has 188 valence electrons. The fourth-order valence-electron chi connectivity index (χ4n) is 9.92. The maximum Gasteiger partial charge on any atom is 0.310 e. The molecule has 0 aromatic carbocycles. The van der Waals surface area contributed by atoms with Gasteiger partial charge < -0.3 is 10.2 Å². The lowest BCUT2D eigenvalue weighted by Gasteiger charge is -2.69. The van der Waals surface area contributed by atoms with Gasteiger partial charge in [-0.15, -0.1) is 0 Å². The van der Waals surface area contributed by atoms with Gasteiger partial charge in [-0.05, 0) is 90.4 Å². The van der Waals surface area contributed by atoms with Crippen LogP contribution in [-0.4, -0.2) is 28.1 Å². The average molecular weight is 469 g/mol. The Morgan fingerprint density at radius 1 is 0.971 bits per heavy atom. The molecule has 0 bridgehead atoms. The second-order valence-corrected chi connectivity index (χ2v) is 14.5. The lowest BCUT2D eigenvalue weighted by atomic mass is 9.34. The molecule has 0 radical (unpaired) electrons. The van der Waals surface area contributed by atoms with Crippen LogP contribution in [0.2, 0.25) is 0 Å². The maximum absolute atomic E-state index is 12.8. The Morgan fingerprint density at radius 3 is 2.29 bits per heavy atom. The third-order valence-electron chi connectivity index (χ3n) is 12.5. The highest BCUT2D eigenvalue weighted by atomic mass is 16.4. The summed E-state index contributed by atoms with van der Waals surface area (Å²) >= 11 is 0. The summed E-state index contributed by atoms with van der Waals surface area (Å²) in [7, 11) is 0. The lowest BCUT2D eigenvalue weighted by molar-refractivity contribution is -0.183. The Morgan fingerprint density at radius 2 is 1.65 bits per heavy atom. The van der Waals surface area contributed by atoms with E-state index >= 15 is 0 Å². The third-order valence-corrected chi connectivity index (χ3v) is 12.5. The summed E-state index contributed by atoms with van der Waals surface area (Å²) in [5, 5.41) is 21.4. The molecule has 2 N–H and O–H groups in total. The van der Waals surface area contributed by atoms with Crippen molar-refractivity contribution >= 4 is 11.8 Å². The number of carboxylic acids is 1. The summed E-state index contributed by atoms with van der Waals surface area (Å²) in [5.41, 5.74) is -0.190. The van der Waals surface area contributed by atoms with Crippen LogP contribution in [0.4, 0.5) is 0 Å². The van der Waals surface area contributed by atoms with Crippen molar-refractivity contribution in [1.82, 2.24) is 0 Å². The molecule has 0 amide bonds. The van der Waals surface area contributed by atoms with E-state index in [-0.39, 0.29) is 38.8 Å². The number of fused-ring (bicyclic) bond motifs is 7. The highest BCUT2D eigenvalue weighted by Crippen LogP contribution is 2.74. The van der Waals surface area contributed by atoms with Crippen molar-refractivity contribution in [3.8, 4) is 0 Å². The van der Waals surface area contributed by atoms with Crippen molar-refractivity contribution in [3.63, 3.8) is 0 Å². The van der Waals surface area contributed by atoms with Gasteiger partial charge in [0.25, 0.3) is 0 Å². The van der Waals surface area contributed by atoms with Crippen LogP contribution in [0.25, 0.3) is 0 Å². The highest BCUT2D eigenvalue weighted by Gasteiger charge is 2.69. The minimum Gasteiger partial charge on any atom is -0.481 e. The predicted molar refractivity (Wildman–Crippen MR) is 133 cm³/mol. The van der Waals surface area contributed by atoms with Gasteiger partial charge in [-0.2, -0.15) is 0 Å². The smallest absolute Gasteiger partial charge is 0.310 e. The Balaban J connectivity index is 1.63. The molecule has 3 fully saturated rings. The molecule has 3 saturated carbocycles. The highest BCUT2D eigenvalue weighted by molar-refractivity contribution is 5.95. The van der Waals surface area contributed by atoms with Crippen LogP contribution < -0.4 is 0 Å². The second-order valence-electron chi connectivity index (χ2n) is 14.5. The van der Waals surface area contributed by atoms with Crippen LogP contribution in [0.15, 0.2) is 23.8 Å².